The van der Waals surface area contributed by atoms with Crippen molar-refractivity contribution in [3.63, 3.8) is 0 Å². The second-order valence-corrected chi connectivity index (χ2v) is 11.0. The average molecular weight is 565 g/mol. The smallest absolute Gasteiger partial charge is 0.409 e. The van der Waals surface area contributed by atoms with E-state index < -0.39 is 18.0 Å². The van der Waals surface area contributed by atoms with Gasteiger partial charge in [-0.3, -0.25) is 19.4 Å². The molecule has 0 N–H and O–H groups in total. The first-order valence-corrected chi connectivity index (χ1v) is 13.8. The van der Waals surface area contributed by atoms with Gasteiger partial charge in [0.25, 0.3) is 5.56 Å². The number of hydrogen-bond donors (Lipinski definition) is 0. The third kappa shape index (κ3) is 8.92. The minimum absolute atomic E-state index is 0.184. The number of rotatable bonds is 13. The van der Waals surface area contributed by atoms with Crippen molar-refractivity contribution < 1.29 is 19.1 Å². The van der Waals surface area contributed by atoms with Gasteiger partial charge in [-0.25, -0.2) is 14.8 Å². The molecule has 11 heteroatoms. The molecule has 11 nitrogen and oxygen atoms in total. The SMILES string of the molecule is CC(C)CCc1ncnc2c1N=C(Cn1cccc(CC(=O)[C@H](CC/C=C/C(=O)N(C)C)OC(=O)N(C)C)c1=O)C2. The molecule has 0 radical (unpaired) electrons. The average Bonchev–Trinajstić information content (AvgIpc) is 3.34. The minimum Gasteiger partial charge on any atom is -0.438 e. The molecule has 0 spiro atoms. The molecule has 1 atom stereocenters. The number of amides is 2. The molecular weight excluding hydrogens is 524 g/mol. The fraction of sp³-hybridized carbons (Fsp3) is 0.500. The fourth-order valence-corrected chi connectivity index (χ4v) is 4.24. The molecule has 1 aliphatic heterocycles. The van der Waals surface area contributed by atoms with Crippen molar-refractivity contribution in [1.29, 1.82) is 0 Å². The van der Waals surface area contributed by atoms with Crippen molar-refractivity contribution in [3.8, 4) is 0 Å². The first kappa shape index (κ1) is 31.4. The Morgan fingerprint density at radius 3 is 2.54 bits per heavy atom. The second kappa shape index (κ2) is 14.5. The van der Waals surface area contributed by atoms with E-state index in [1.807, 2.05) is 0 Å². The van der Waals surface area contributed by atoms with Crippen LogP contribution in [0.25, 0.3) is 0 Å². The Balaban J connectivity index is 1.73. The minimum atomic E-state index is -1.06. The van der Waals surface area contributed by atoms with Gasteiger partial charge in [0.2, 0.25) is 5.91 Å². The van der Waals surface area contributed by atoms with E-state index in [9.17, 15) is 19.2 Å². The number of pyridine rings is 1. The number of aliphatic imine (C=N–C) groups is 1. The van der Waals surface area contributed by atoms with Gasteiger partial charge in [-0.1, -0.05) is 26.0 Å². The first-order valence-electron chi connectivity index (χ1n) is 13.8. The Morgan fingerprint density at radius 1 is 1.10 bits per heavy atom. The van der Waals surface area contributed by atoms with Crippen molar-refractivity contribution >= 4 is 29.2 Å². The lowest BCUT2D eigenvalue weighted by molar-refractivity contribution is -0.127. The maximum Gasteiger partial charge on any atom is 0.409 e. The van der Waals surface area contributed by atoms with E-state index in [1.165, 1.54) is 34.5 Å². The van der Waals surface area contributed by atoms with Gasteiger partial charge in [0.15, 0.2) is 11.9 Å². The van der Waals surface area contributed by atoms with Crippen molar-refractivity contribution in [2.75, 3.05) is 28.2 Å². The summed E-state index contributed by atoms with van der Waals surface area (Å²) in [7, 11) is 6.33. The number of fused-ring (bicyclic) bond motifs is 1. The summed E-state index contributed by atoms with van der Waals surface area (Å²) in [5.41, 5.74) is 3.38. The van der Waals surface area contributed by atoms with Crippen LogP contribution in [0.5, 0.6) is 0 Å². The van der Waals surface area contributed by atoms with Crippen molar-refractivity contribution in [2.45, 2.75) is 65.0 Å². The van der Waals surface area contributed by atoms with Crippen LogP contribution in [0.1, 0.15) is 50.1 Å². The summed E-state index contributed by atoms with van der Waals surface area (Å²) in [6.45, 7) is 4.60. The molecule has 3 rings (SSSR count). The third-order valence-corrected chi connectivity index (χ3v) is 6.65. The number of likely N-dealkylation sites (N-methyl/N-ethyl adjacent to an activating group) is 1. The lowest BCUT2D eigenvalue weighted by atomic mass is 10.0. The van der Waals surface area contributed by atoms with Crippen LogP contribution in [0.3, 0.4) is 0 Å². The largest absolute Gasteiger partial charge is 0.438 e. The van der Waals surface area contributed by atoms with Gasteiger partial charge < -0.3 is 19.1 Å². The Morgan fingerprint density at radius 2 is 1.85 bits per heavy atom. The number of ether oxygens (including phenoxy) is 1. The summed E-state index contributed by atoms with van der Waals surface area (Å²) in [5.74, 6) is -0.0286. The summed E-state index contributed by atoms with van der Waals surface area (Å²) < 4.78 is 6.96. The predicted molar refractivity (Wildman–Crippen MR) is 156 cm³/mol. The molecule has 0 aliphatic carbocycles. The van der Waals surface area contributed by atoms with Crippen LogP contribution < -0.4 is 5.56 Å². The summed E-state index contributed by atoms with van der Waals surface area (Å²) in [5, 5.41) is 0. The first-order chi connectivity index (χ1) is 19.5. The van der Waals surface area contributed by atoms with E-state index in [1.54, 1.807) is 44.8 Å². The van der Waals surface area contributed by atoms with Crippen molar-refractivity contribution in [1.82, 2.24) is 24.3 Å². The third-order valence-electron chi connectivity index (χ3n) is 6.65. The van der Waals surface area contributed by atoms with Crippen LogP contribution >= 0.6 is 0 Å². The van der Waals surface area contributed by atoms with Gasteiger partial charge in [0.05, 0.1) is 17.9 Å². The summed E-state index contributed by atoms with van der Waals surface area (Å²) >= 11 is 0. The molecule has 2 amide bonds. The summed E-state index contributed by atoms with van der Waals surface area (Å²) in [6.07, 6.45) is 7.27. The summed E-state index contributed by atoms with van der Waals surface area (Å²) in [4.78, 5) is 66.8. The van der Waals surface area contributed by atoms with E-state index in [2.05, 4.69) is 23.8 Å². The number of aromatic nitrogens is 3. The second-order valence-electron chi connectivity index (χ2n) is 11.0. The van der Waals surface area contributed by atoms with E-state index in [0.29, 0.717) is 24.3 Å². The Bertz CT molecular complexity index is 1380. The van der Waals surface area contributed by atoms with Crippen LogP contribution in [-0.2, 0) is 40.1 Å². The number of aryl methyl sites for hydroxylation is 1. The predicted octanol–water partition coefficient (Wildman–Crippen LogP) is 3.16. The number of Topliss-reactive ketones (excluding diaryl/α,β-unsaturated/α-hetero) is 1. The highest BCUT2D eigenvalue weighted by atomic mass is 16.6. The van der Waals surface area contributed by atoms with Gasteiger partial charge in [-0.2, -0.15) is 0 Å². The topological polar surface area (TPSA) is 127 Å². The van der Waals surface area contributed by atoms with Crippen LogP contribution in [0, 0.1) is 5.92 Å². The van der Waals surface area contributed by atoms with E-state index in [-0.39, 0.29) is 30.9 Å². The zero-order valence-corrected chi connectivity index (χ0v) is 24.8. The lowest BCUT2D eigenvalue weighted by Gasteiger charge is -2.19. The molecule has 0 unspecified atom stereocenters. The molecule has 1 aliphatic rings. The number of nitrogens with zero attached hydrogens (tertiary/aromatic N) is 6. The zero-order chi connectivity index (χ0) is 30.1. The van der Waals surface area contributed by atoms with Crippen LogP contribution in [0.4, 0.5) is 10.5 Å². The Labute approximate surface area is 241 Å². The zero-order valence-electron chi connectivity index (χ0n) is 24.8. The number of ketones is 1. The highest BCUT2D eigenvalue weighted by Gasteiger charge is 2.25. The highest BCUT2D eigenvalue weighted by Crippen LogP contribution is 2.29. The molecule has 0 saturated carbocycles. The van der Waals surface area contributed by atoms with Crippen LogP contribution in [-0.4, -0.2) is 82.1 Å². The van der Waals surface area contributed by atoms with Crippen LogP contribution in [0.2, 0.25) is 0 Å². The maximum atomic E-state index is 13.3. The van der Waals surface area contributed by atoms with Gasteiger partial charge in [0, 0.05) is 58.5 Å². The fourth-order valence-electron chi connectivity index (χ4n) is 4.24. The molecular formula is C30H40N6O5. The Kier molecular flexibility index (Phi) is 11.1. The molecule has 0 aromatic carbocycles. The molecule has 3 heterocycles. The highest BCUT2D eigenvalue weighted by molar-refractivity contribution is 5.93. The number of allylic oxidation sites excluding steroid dienone is 1. The van der Waals surface area contributed by atoms with Crippen molar-refractivity contribution in [2.24, 2.45) is 10.9 Å². The molecule has 41 heavy (non-hydrogen) atoms. The number of hydrogen-bond acceptors (Lipinski definition) is 8. The van der Waals surface area contributed by atoms with E-state index in [0.717, 1.165) is 35.6 Å². The quantitative estimate of drug-likeness (QED) is 0.342. The molecule has 0 saturated heterocycles. The Hall–Kier alpha value is -4.15. The van der Waals surface area contributed by atoms with E-state index >= 15 is 0 Å². The maximum absolute atomic E-state index is 13.3. The van der Waals surface area contributed by atoms with E-state index in [4.69, 9.17) is 9.73 Å². The number of carbonyl (C=O) groups excluding carboxylic acids is 3. The molecule has 0 fully saturated rings. The van der Waals surface area contributed by atoms with Crippen LogP contribution in [0.15, 0.2) is 46.6 Å². The van der Waals surface area contributed by atoms with Gasteiger partial charge in [-0.05, 0) is 43.7 Å². The number of carbonyl (C=O) groups is 3. The van der Waals surface area contributed by atoms with Gasteiger partial charge in [0.1, 0.15) is 12.0 Å². The van der Waals surface area contributed by atoms with Gasteiger partial charge >= 0.3 is 6.09 Å². The molecule has 0 bridgehead atoms. The standard InChI is InChI=1S/C30H40N6O5/c1-20(2)13-14-23-28-24(32-19-31-23)17-22(33-28)18-36-15-9-10-21(29(36)39)16-25(37)26(41-30(40)35(5)6)11-7-8-12-27(38)34(3)4/h8-10,12,15,19-20,26H,7,11,13-14,16-18H2,1-6H3/b12-8+/t26-/m0/s1. The monoisotopic (exact) mass is 564 g/mol. The summed E-state index contributed by atoms with van der Waals surface area (Å²) in [6, 6.07) is 3.33. The normalized spacial score (nSPS) is 13.2. The molecule has 220 valence electrons. The van der Waals surface area contributed by atoms with Gasteiger partial charge in [-0.15, -0.1) is 0 Å². The molecule has 2 aromatic heterocycles. The molecule has 2 aromatic rings. The lowest BCUT2D eigenvalue weighted by Crippen LogP contribution is -2.35. The van der Waals surface area contributed by atoms with Crippen molar-refractivity contribution in [3.05, 3.63) is 64.1 Å².